The lowest BCUT2D eigenvalue weighted by Crippen LogP contribution is -2.28. The second kappa shape index (κ2) is 14.9. The largest absolute Gasteiger partial charge is 0.455 e. The topological polar surface area (TPSA) is 51.8 Å². The summed E-state index contributed by atoms with van der Waals surface area (Å²) in [7, 11) is 0. The lowest BCUT2D eigenvalue weighted by Gasteiger charge is -2.34. The van der Waals surface area contributed by atoms with Crippen LogP contribution in [0.1, 0.15) is 47.2 Å². The first-order valence-corrected chi connectivity index (χ1v) is 23.8. The highest BCUT2D eigenvalue weighted by Gasteiger charge is 2.46. The number of hydrogen-bond donors (Lipinski definition) is 0. The van der Waals surface area contributed by atoms with Gasteiger partial charge in [0.1, 0.15) is 11.2 Å². The highest BCUT2D eigenvalue weighted by molar-refractivity contribution is 6.12. The molecule has 0 saturated heterocycles. The average molecular weight is 882 g/mol. The van der Waals surface area contributed by atoms with Crippen LogP contribution in [0.25, 0.3) is 100 Å². The van der Waals surface area contributed by atoms with Gasteiger partial charge in [0.2, 0.25) is 0 Å². The number of hydrogen-bond acceptors (Lipinski definition) is 4. The number of aromatic nitrogens is 3. The number of fused-ring (bicyclic) bond motifs is 11. The van der Waals surface area contributed by atoms with Crippen molar-refractivity contribution in [3.63, 3.8) is 0 Å². The van der Waals surface area contributed by atoms with Crippen molar-refractivity contribution >= 4 is 32.7 Å². The molecule has 0 amide bonds. The van der Waals surface area contributed by atoms with E-state index in [1.807, 2.05) is 6.07 Å². The molecule has 4 heteroatoms. The molecule has 0 spiro atoms. The Balaban J connectivity index is 1.03. The normalized spacial score (nSPS) is 13.9. The van der Waals surface area contributed by atoms with Gasteiger partial charge in [0.25, 0.3) is 0 Å². The van der Waals surface area contributed by atoms with Crippen LogP contribution >= 0.6 is 0 Å². The zero-order valence-electron chi connectivity index (χ0n) is 38.1. The molecule has 324 valence electrons. The summed E-state index contributed by atoms with van der Waals surface area (Å²) in [5.74, 6) is 1.76. The fraction of sp³-hybridized carbons (Fsp3) is 0.0615. The van der Waals surface area contributed by atoms with Crippen molar-refractivity contribution in [2.45, 2.75) is 24.7 Å². The maximum atomic E-state index is 7.02. The van der Waals surface area contributed by atoms with Crippen molar-refractivity contribution in [1.29, 1.82) is 0 Å². The Labute approximate surface area is 400 Å². The van der Waals surface area contributed by atoms with Crippen LogP contribution in [0.15, 0.2) is 229 Å². The molecule has 0 fully saturated rings. The van der Waals surface area contributed by atoms with Crippen LogP contribution in [0, 0.1) is 0 Å². The summed E-state index contributed by atoms with van der Waals surface area (Å²) in [6.07, 6.45) is 0. The van der Waals surface area contributed by atoms with Gasteiger partial charge in [-0.05, 0) is 84.1 Å². The van der Waals surface area contributed by atoms with Gasteiger partial charge in [-0.15, -0.1) is 0 Å². The molecule has 0 atom stereocenters. The summed E-state index contributed by atoms with van der Waals surface area (Å²) >= 11 is 0. The molecule has 10 aromatic carbocycles. The zero-order valence-corrected chi connectivity index (χ0v) is 38.1. The molecular formula is C65H43N3O. The van der Waals surface area contributed by atoms with Crippen LogP contribution in [0.5, 0.6) is 0 Å². The first kappa shape index (κ1) is 39.4. The van der Waals surface area contributed by atoms with Gasteiger partial charge in [-0.1, -0.05) is 226 Å². The second-order valence-corrected chi connectivity index (χ2v) is 19.0. The molecule has 2 aliphatic carbocycles. The Morgan fingerprint density at radius 1 is 0.333 bits per heavy atom. The summed E-state index contributed by atoms with van der Waals surface area (Å²) in [6, 6.07) is 80.6. The first-order valence-electron chi connectivity index (χ1n) is 23.8. The predicted octanol–water partition coefficient (Wildman–Crippen LogP) is 16.3. The number of para-hydroxylation sites is 2. The van der Waals surface area contributed by atoms with Crippen molar-refractivity contribution < 1.29 is 4.42 Å². The van der Waals surface area contributed by atoms with E-state index in [0.717, 1.165) is 55.3 Å². The Bertz CT molecular complexity index is 4010. The molecule has 69 heavy (non-hydrogen) atoms. The molecule has 2 aromatic heterocycles. The molecule has 0 N–H and O–H groups in total. The van der Waals surface area contributed by atoms with Gasteiger partial charge in [0.15, 0.2) is 17.5 Å². The van der Waals surface area contributed by atoms with Crippen molar-refractivity contribution in [2.75, 3.05) is 0 Å². The highest BCUT2D eigenvalue weighted by Crippen LogP contribution is 2.57. The van der Waals surface area contributed by atoms with Gasteiger partial charge < -0.3 is 4.42 Å². The van der Waals surface area contributed by atoms with Gasteiger partial charge in [0.05, 0.1) is 11.0 Å². The molecule has 12 aromatic rings. The summed E-state index contributed by atoms with van der Waals surface area (Å²) in [5, 5.41) is 4.56. The summed E-state index contributed by atoms with van der Waals surface area (Å²) in [6.45, 7) is 4.69. The van der Waals surface area contributed by atoms with Crippen molar-refractivity contribution in [3.05, 3.63) is 258 Å². The lowest BCUT2D eigenvalue weighted by atomic mass is 9.67. The summed E-state index contributed by atoms with van der Waals surface area (Å²) < 4.78 is 7.02. The minimum Gasteiger partial charge on any atom is -0.455 e. The summed E-state index contributed by atoms with van der Waals surface area (Å²) in [5.41, 5.74) is 17.8. The van der Waals surface area contributed by atoms with E-state index in [0.29, 0.717) is 17.5 Å². The van der Waals surface area contributed by atoms with Gasteiger partial charge >= 0.3 is 0 Å². The maximum Gasteiger partial charge on any atom is 0.167 e. The Kier molecular flexibility index (Phi) is 8.51. The smallest absolute Gasteiger partial charge is 0.167 e. The Morgan fingerprint density at radius 3 is 1.58 bits per heavy atom. The maximum absolute atomic E-state index is 7.02. The fourth-order valence-electron chi connectivity index (χ4n) is 12.1. The standard InChI is InChI=1S/C65H43N3O/c1-64(2)57-45-26-10-9-21-41(45)37-38-50(57)49-30-17-33-53(58(49)64)62-66-61(67-63(68-62)54-34-18-32-52-51-31-16-29-46(59(51)69-60(52)54)40-19-5-3-6-20-40)42-22-15-25-44(39-42)65(43-23-7-4-8-24-43)55-35-13-11-27-47(55)48-28-12-14-36-56(48)65/h3-39H,1-2H3. The van der Waals surface area contributed by atoms with E-state index in [1.54, 1.807) is 0 Å². The molecular weight excluding hydrogens is 839 g/mol. The van der Waals surface area contributed by atoms with Crippen molar-refractivity contribution in [3.8, 4) is 67.5 Å². The minimum atomic E-state index is -0.585. The van der Waals surface area contributed by atoms with Gasteiger partial charge in [-0.2, -0.15) is 0 Å². The van der Waals surface area contributed by atoms with E-state index in [4.69, 9.17) is 19.4 Å². The average Bonchev–Trinajstić information content (AvgIpc) is 4.03. The van der Waals surface area contributed by atoms with E-state index in [-0.39, 0.29) is 5.41 Å². The van der Waals surface area contributed by atoms with Crippen LogP contribution in [0.3, 0.4) is 0 Å². The quantitative estimate of drug-likeness (QED) is 0.167. The molecule has 14 rings (SSSR count). The SMILES string of the molecule is CC1(C)c2c(-c3nc(-c4cccc(C5(c6ccccc6)c6ccccc6-c6ccccc65)c4)nc(-c4cccc5c4oc4c(-c6ccccc6)cccc45)n3)cccc2-c2ccc3ccccc3c21. The predicted molar refractivity (Wildman–Crippen MR) is 281 cm³/mol. The van der Waals surface area contributed by atoms with E-state index < -0.39 is 5.41 Å². The van der Waals surface area contributed by atoms with Crippen LogP contribution in [0.4, 0.5) is 0 Å². The molecule has 0 saturated carbocycles. The van der Waals surface area contributed by atoms with E-state index in [9.17, 15) is 0 Å². The van der Waals surface area contributed by atoms with Gasteiger partial charge in [0, 0.05) is 32.9 Å². The number of furan rings is 1. The monoisotopic (exact) mass is 881 g/mol. The van der Waals surface area contributed by atoms with Crippen LogP contribution in [-0.2, 0) is 10.8 Å². The highest BCUT2D eigenvalue weighted by atomic mass is 16.3. The van der Waals surface area contributed by atoms with Crippen LogP contribution in [0.2, 0.25) is 0 Å². The van der Waals surface area contributed by atoms with Gasteiger partial charge in [-0.25, -0.2) is 15.0 Å². The van der Waals surface area contributed by atoms with Gasteiger partial charge in [-0.3, -0.25) is 0 Å². The first-order chi connectivity index (χ1) is 34.0. The van der Waals surface area contributed by atoms with Crippen LogP contribution in [-0.4, -0.2) is 15.0 Å². The molecule has 0 unspecified atom stereocenters. The minimum absolute atomic E-state index is 0.354. The third kappa shape index (κ3) is 5.66. The lowest BCUT2D eigenvalue weighted by molar-refractivity contribution is 0.667. The molecule has 2 heterocycles. The molecule has 4 nitrogen and oxygen atoms in total. The molecule has 0 aliphatic heterocycles. The van der Waals surface area contributed by atoms with E-state index >= 15 is 0 Å². The third-order valence-electron chi connectivity index (χ3n) is 15.0. The molecule has 0 radical (unpaired) electrons. The van der Waals surface area contributed by atoms with Crippen molar-refractivity contribution in [1.82, 2.24) is 15.0 Å². The van der Waals surface area contributed by atoms with Crippen molar-refractivity contribution in [2.24, 2.45) is 0 Å². The van der Waals surface area contributed by atoms with Crippen LogP contribution < -0.4 is 0 Å². The number of rotatable bonds is 6. The Morgan fingerprint density at radius 2 is 0.826 bits per heavy atom. The fourth-order valence-corrected chi connectivity index (χ4v) is 12.1. The van der Waals surface area contributed by atoms with E-state index in [1.165, 1.54) is 60.8 Å². The van der Waals surface area contributed by atoms with E-state index in [2.05, 4.69) is 232 Å². The second-order valence-electron chi connectivity index (χ2n) is 19.0. The third-order valence-corrected chi connectivity index (χ3v) is 15.0. The molecule has 2 aliphatic rings. The number of benzene rings is 10. The number of nitrogens with zero attached hydrogens (tertiary/aromatic N) is 3. The molecule has 0 bridgehead atoms. The Hall–Kier alpha value is -8.73. The summed E-state index contributed by atoms with van der Waals surface area (Å²) in [4.78, 5) is 16.5. The zero-order chi connectivity index (χ0) is 45.8.